The molecule has 3 heteroatoms. The normalized spacial score (nSPS) is 23.8. The SMILES string of the molecule is C[C@H](CN1CCCC1)OC(=O)[C@H](c1ccccc1)[C@H]1C=CCCC1. The van der Waals surface area contributed by atoms with Crippen LogP contribution in [0, 0.1) is 5.92 Å². The summed E-state index contributed by atoms with van der Waals surface area (Å²) >= 11 is 0. The fourth-order valence-electron chi connectivity index (χ4n) is 3.97. The second kappa shape index (κ2) is 8.48. The van der Waals surface area contributed by atoms with Gasteiger partial charge in [-0.25, -0.2) is 0 Å². The first-order chi connectivity index (χ1) is 11.7. The molecule has 0 unspecified atom stereocenters. The number of likely N-dealkylation sites (tertiary alicyclic amines) is 1. The van der Waals surface area contributed by atoms with Crippen molar-refractivity contribution in [1.82, 2.24) is 4.90 Å². The minimum Gasteiger partial charge on any atom is -0.461 e. The number of nitrogens with zero attached hydrogens (tertiary/aromatic N) is 1. The zero-order valence-electron chi connectivity index (χ0n) is 14.7. The van der Waals surface area contributed by atoms with E-state index in [2.05, 4.69) is 29.2 Å². The lowest BCUT2D eigenvalue weighted by molar-refractivity contribution is -0.152. The Kier molecular flexibility index (Phi) is 6.08. The van der Waals surface area contributed by atoms with Gasteiger partial charge in [0.05, 0.1) is 5.92 Å². The van der Waals surface area contributed by atoms with Crippen LogP contribution < -0.4 is 0 Å². The van der Waals surface area contributed by atoms with E-state index in [1.54, 1.807) is 0 Å². The topological polar surface area (TPSA) is 29.5 Å². The van der Waals surface area contributed by atoms with Crippen molar-refractivity contribution in [2.75, 3.05) is 19.6 Å². The molecule has 0 spiro atoms. The van der Waals surface area contributed by atoms with Gasteiger partial charge in [0, 0.05) is 6.54 Å². The minimum absolute atomic E-state index is 0.0469. The Labute approximate surface area is 145 Å². The molecule has 3 atom stereocenters. The fraction of sp³-hybridized carbons (Fsp3) is 0.571. The Morgan fingerprint density at radius 1 is 1.21 bits per heavy atom. The largest absolute Gasteiger partial charge is 0.461 e. The van der Waals surface area contributed by atoms with Crippen LogP contribution in [0.1, 0.15) is 50.5 Å². The van der Waals surface area contributed by atoms with Crippen LogP contribution in [0.3, 0.4) is 0 Å². The first-order valence-corrected chi connectivity index (χ1v) is 9.38. The molecule has 0 bridgehead atoms. The molecule has 2 aliphatic rings. The molecule has 0 radical (unpaired) electrons. The lowest BCUT2D eigenvalue weighted by Gasteiger charge is -2.28. The summed E-state index contributed by atoms with van der Waals surface area (Å²) in [5, 5.41) is 0. The van der Waals surface area contributed by atoms with Gasteiger partial charge < -0.3 is 4.74 Å². The lowest BCUT2D eigenvalue weighted by atomic mass is 9.80. The highest BCUT2D eigenvalue weighted by atomic mass is 16.5. The molecular formula is C21H29NO2. The number of hydrogen-bond acceptors (Lipinski definition) is 3. The first kappa shape index (κ1) is 17.2. The molecule has 0 saturated carbocycles. The molecule has 0 aromatic heterocycles. The number of allylic oxidation sites excluding steroid dienone is 2. The summed E-state index contributed by atoms with van der Waals surface area (Å²) in [5.41, 5.74) is 1.08. The molecule has 1 saturated heterocycles. The summed E-state index contributed by atoms with van der Waals surface area (Å²) in [6, 6.07) is 10.1. The van der Waals surface area contributed by atoms with Crippen LogP contribution in [0.25, 0.3) is 0 Å². The molecule has 24 heavy (non-hydrogen) atoms. The monoisotopic (exact) mass is 327 g/mol. The third kappa shape index (κ3) is 4.47. The fourth-order valence-corrected chi connectivity index (χ4v) is 3.97. The van der Waals surface area contributed by atoms with Crippen molar-refractivity contribution in [2.24, 2.45) is 5.92 Å². The molecule has 1 aliphatic heterocycles. The van der Waals surface area contributed by atoms with E-state index in [1.807, 2.05) is 25.1 Å². The highest BCUT2D eigenvalue weighted by Gasteiger charge is 2.31. The molecule has 3 nitrogen and oxygen atoms in total. The van der Waals surface area contributed by atoms with E-state index in [4.69, 9.17) is 4.74 Å². The van der Waals surface area contributed by atoms with Crippen molar-refractivity contribution in [3.63, 3.8) is 0 Å². The number of benzene rings is 1. The predicted molar refractivity (Wildman–Crippen MR) is 96.9 cm³/mol. The van der Waals surface area contributed by atoms with Gasteiger partial charge in [0.15, 0.2) is 0 Å². The zero-order chi connectivity index (χ0) is 16.8. The average Bonchev–Trinajstić information content (AvgIpc) is 3.10. The Balaban J connectivity index is 1.68. The number of ether oxygens (including phenoxy) is 1. The van der Waals surface area contributed by atoms with Gasteiger partial charge in [-0.3, -0.25) is 9.69 Å². The van der Waals surface area contributed by atoms with Crippen LogP contribution >= 0.6 is 0 Å². The van der Waals surface area contributed by atoms with Crippen LogP contribution in [-0.4, -0.2) is 36.6 Å². The Hall–Kier alpha value is -1.61. The van der Waals surface area contributed by atoms with E-state index >= 15 is 0 Å². The third-order valence-electron chi connectivity index (χ3n) is 5.16. The van der Waals surface area contributed by atoms with Crippen molar-refractivity contribution in [1.29, 1.82) is 0 Å². The van der Waals surface area contributed by atoms with E-state index in [-0.39, 0.29) is 23.9 Å². The van der Waals surface area contributed by atoms with Crippen molar-refractivity contribution in [3.8, 4) is 0 Å². The van der Waals surface area contributed by atoms with Gasteiger partial charge >= 0.3 is 5.97 Å². The second-order valence-electron chi connectivity index (χ2n) is 7.17. The average molecular weight is 327 g/mol. The quantitative estimate of drug-likeness (QED) is 0.580. The van der Waals surface area contributed by atoms with Crippen molar-refractivity contribution in [3.05, 3.63) is 48.0 Å². The molecule has 1 aromatic carbocycles. The van der Waals surface area contributed by atoms with Crippen LogP contribution in [0.5, 0.6) is 0 Å². The molecular weight excluding hydrogens is 298 g/mol. The Morgan fingerprint density at radius 2 is 1.96 bits per heavy atom. The van der Waals surface area contributed by atoms with E-state index in [0.29, 0.717) is 0 Å². The minimum atomic E-state index is -0.177. The standard InChI is InChI=1S/C21H29NO2/c1-17(16-22-14-8-9-15-22)24-21(23)20(18-10-4-2-5-11-18)19-12-6-3-7-13-19/h2,4-6,10-12,17,19-20H,3,7-9,13-16H2,1H3/t17-,19+,20-/m1/s1. The van der Waals surface area contributed by atoms with Crippen molar-refractivity contribution < 1.29 is 9.53 Å². The Morgan fingerprint density at radius 3 is 2.62 bits per heavy atom. The predicted octanol–water partition coefficient (Wildman–Crippen LogP) is 4.15. The molecule has 130 valence electrons. The van der Waals surface area contributed by atoms with E-state index in [9.17, 15) is 4.79 Å². The van der Waals surface area contributed by atoms with Crippen LogP contribution in [-0.2, 0) is 9.53 Å². The number of carbonyl (C=O) groups excluding carboxylic acids is 1. The van der Waals surface area contributed by atoms with Crippen LogP contribution in [0.15, 0.2) is 42.5 Å². The van der Waals surface area contributed by atoms with Gasteiger partial charge in [-0.2, -0.15) is 0 Å². The summed E-state index contributed by atoms with van der Waals surface area (Å²) in [7, 11) is 0. The van der Waals surface area contributed by atoms with Gasteiger partial charge in [0.25, 0.3) is 0 Å². The van der Waals surface area contributed by atoms with Gasteiger partial charge in [-0.15, -0.1) is 0 Å². The second-order valence-corrected chi connectivity index (χ2v) is 7.17. The molecule has 0 N–H and O–H groups in total. The highest BCUT2D eigenvalue weighted by Crippen LogP contribution is 2.33. The maximum Gasteiger partial charge on any atom is 0.314 e. The molecule has 1 fully saturated rings. The molecule has 1 aliphatic carbocycles. The number of hydrogen-bond donors (Lipinski definition) is 0. The van der Waals surface area contributed by atoms with Gasteiger partial charge in [-0.05, 0) is 63.6 Å². The van der Waals surface area contributed by atoms with Crippen LogP contribution in [0.2, 0.25) is 0 Å². The maximum atomic E-state index is 13.0. The first-order valence-electron chi connectivity index (χ1n) is 9.38. The van der Waals surface area contributed by atoms with Gasteiger partial charge in [0.2, 0.25) is 0 Å². The third-order valence-corrected chi connectivity index (χ3v) is 5.16. The molecule has 0 amide bonds. The summed E-state index contributed by atoms with van der Waals surface area (Å²) in [5.74, 6) is 0.0147. The van der Waals surface area contributed by atoms with Crippen molar-refractivity contribution >= 4 is 5.97 Å². The van der Waals surface area contributed by atoms with E-state index < -0.39 is 0 Å². The van der Waals surface area contributed by atoms with Crippen molar-refractivity contribution in [2.45, 2.75) is 51.0 Å². The Bertz CT molecular complexity index is 548. The highest BCUT2D eigenvalue weighted by molar-refractivity contribution is 5.79. The number of carbonyl (C=O) groups is 1. The molecule has 3 rings (SSSR count). The van der Waals surface area contributed by atoms with Gasteiger partial charge in [0.1, 0.15) is 6.10 Å². The van der Waals surface area contributed by atoms with Crippen LogP contribution in [0.4, 0.5) is 0 Å². The number of rotatable bonds is 6. The maximum absolute atomic E-state index is 13.0. The van der Waals surface area contributed by atoms with Gasteiger partial charge in [-0.1, -0.05) is 42.5 Å². The summed E-state index contributed by atoms with van der Waals surface area (Å²) in [6.45, 7) is 5.15. The smallest absolute Gasteiger partial charge is 0.314 e. The zero-order valence-corrected chi connectivity index (χ0v) is 14.7. The van der Waals surface area contributed by atoms with E-state index in [1.165, 1.54) is 12.8 Å². The van der Waals surface area contributed by atoms with E-state index in [0.717, 1.165) is 44.5 Å². The molecule has 1 aromatic rings. The number of esters is 1. The summed E-state index contributed by atoms with van der Waals surface area (Å²) < 4.78 is 5.87. The lowest BCUT2D eigenvalue weighted by Crippen LogP contribution is -2.34. The summed E-state index contributed by atoms with van der Waals surface area (Å²) in [4.78, 5) is 15.4. The molecule has 1 heterocycles. The summed E-state index contributed by atoms with van der Waals surface area (Å²) in [6.07, 6.45) is 10.2.